The van der Waals surface area contributed by atoms with Crippen molar-refractivity contribution in [2.24, 2.45) is 5.92 Å². The fraction of sp³-hybridized carbons (Fsp3) is 0.875. The Morgan fingerprint density at radius 1 is 1.75 bits per heavy atom. The zero-order valence-electron chi connectivity index (χ0n) is 7.32. The van der Waals surface area contributed by atoms with Crippen LogP contribution in [-0.2, 0) is 4.74 Å². The van der Waals surface area contributed by atoms with E-state index in [9.17, 15) is 4.79 Å². The first-order valence-corrected chi connectivity index (χ1v) is 4.26. The minimum absolute atomic E-state index is 0.101. The van der Waals surface area contributed by atoms with Crippen molar-refractivity contribution in [3.63, 3.8) is 0 Å². The van der Waals surface area contributed by atoms with Crippen LogP contribution in [0.25, 0.3) is 0 Å². The summed E-state index contributed by atoms with van der Waals surface area (Å²) in [5.74, 6) is 0.576. The lowest BCUT2D eigenvalue weighted by molar-refractivity contribution is 0.0898. The zero-order chi connectivity index (χ0) is 8.97. The molecule has 0 aromatic rings. The van der Waals surface area contributed by atoms with Crippen molar-refractivity contribution in [1.29, 1.82) is 0 Å². The van der Waals surface area contributed by atoms with Crippen LogP contribution in [0.2, 0.25) is 0 Å². The van der Waals surface area contributed by atoms with Gasteiger partial charge in [0.1, 0.15) is 6.61 Å². The number of aliphatic hydroxyl groups is 1. The van der Waals surface area contributed by atoms with Crippen LogP contribution in [0.5, 0.6) is 0 Å². The van der Waals surface area contributed by atoms with E-state index in [1.165, 1.54) is 0 Å². The Kier molecular flexibility index (Phi) is 3.34. The molecule has 1 rings (SSSR count). The van der Waals surface area contributed by atoms with E-state index < -0.39 is 0 Å². The van der Waals surface area contributed by atoms with Crippen molar-refractivity contribution in [3.05, 3.63) is 0 Å². The molecule has 1 heterocycles. The molecule has 1 aliphatic heterocycles. The third kappa shape index (κ3) is 2.37. The summed E-state index contributed by atoms with van der Waals surface area (Å²) in [5.41, 5.74) is 0. The molecule has 12 heavy (non-hydrogen) atoms. The lowest BCUT2D eigenvalue weighted by Crippen LogP contribution is -2.29. The Bertz CT molecular complexity index is 160. The monoisotopic (exact) mass is 173 g/mol. The predicted molar refractivity (Wildman–Crippen MR) is 43.8 cm³/mol. The van der Waals surface area contributed by atoms with Gasteiger partial charge in [-0.1, -0.05) is 6.92 Å². The molecule has 0 bridgehead atoms. The summed E-state index contributed by atoms with van der Waals surface area (Å²) in [6.45, 7) is 3.67. The van der Waals surface area contributed by atoms with Crippen molar-refractivity contribution in [1.82, 2.24) is 4.90 Å². The summed E-state index contributed by atoms with van der Waals surface area (Å²) in [4.78, 5) is 12.8. The fourth-order valence-electron chi connectivity index (χ4n) is 1.33. The Morgan fingerprint density at radius 2 is 2.50 bits per heavy atom. The topological polar surface area (TPSA) is 49.8 Å². The largest absolute Gasteiger partial charge is 0.447 e. The molecule has 1 N–H and O–H groups in total. The summed E-state index contributed by atoms with van der Waals surface area (Å²) in [6.07, 6.45) is 0.752. The van der Waals surface area contributed by atoms with Crippen LogP contribution in [0.3, 0.4) is 0 Å². The highest BCUT2D eigenvalue weighted by molar-refractivity contribution is 5.67. The van der Waals surface area contributed by atoms with Crippen molar-refractivity contribution >= 4 is 6.09 Å². The molecule has 4 heteroatoms. The summed E-state index contributed by atoms with van der Waals surface area (Å²) in [5, 5.41) is 8.41. The van der Waals surface area contributed by atoms with Gasteiger partial charge in [0.15, 0.2) is 0 Å². The number of ether oxygens (including phenoxy) is 1. The maximum atomic E-state index is 11.1. The fourth-order valence-corrected chi connectivity index (χ4v) is 1.33. The number of rotatable bonds is 2. The average Bonchev–Trinajstić information content (AvgIpc) is 2.47. The second-order valence-corrected chi connectivity index (χ2v) is 3.18. The molecule has 0 aromatic heterocycles. The van der Waals surface area contributed by atoms with Gasteiger partial charge in [0.05, 0.1) is 6.61 Å². The van der Waals surface area contributed by atoms with E-state index in [0.29, 0.717) is 5.92 Å². The molecule has 0 saturated carbocycles. The predicted octanol–water partition coefficient (Wildman–Crippen LogP) is 0.457. The van der Waals surface area contributed by atoms with Gasteiger partial charge in [0.25, 0.3) is 0 Å². The number of nitrogens with zero attached hydrogens (tertiary/aromatic N) is 1. The van der Waals surface area contributed by atoms with Gasteiger partial charge in [-0.2, -0.15) is 0 Å². The van der Waals surface area contributed by atoms with Gasteiger partial charge in [-0.15, -0.1) is 0 Å². The lowest BCUT2D eigenvalue weighted by atomic mass is 10.2. The molecule has 0 aliphatic carbocycles. The number of carbonyl (C=O) groups is 1. The van der Waals surface area contributed by atoms with Crippen LogP contribution >= 0.6 is 0 Å². The van der Waals surface area contributed by atoms with E-state index in [1.807, 2.05) is 0 Å². The molecule has 1 saturated heterocycles. The van der Waals surface area contributed by atoms with Gasteiger partial charge in [0, 0.05) is 13.1 Å². The highest BCUT2D eigenvalue weighted by atomic mass is 16.6. The van der Waals surface area contributed by atoms with Crippen LogP contribution in [0.4, 0.5) is 4.79 Å². The van der Waals surface area contributed by atoms with Gasteiger partial charge in [0.2, 0.25) is 0 Å². The lowest BCUT2D eigenvalue weighted by Gasteiger charge is -2.14. The molecular weight excluding hydrogens is 158 g/mol. The van der Waals surface area contributed by atoms with E-state index >= 15 is 0 Å². The van der Waals surface area contributed by atoms with Crippen molar-refractivity contribution in [2.75, 3.05) is 26.3 Å². The molecule has 1 aliphatic rings. The highest BCUT2D eigenvalue weighted by Crippen LogP contribution is 2.15. The van der Waals surface area contributed by atoms with E-state index in [0.717, 1.165) is 19.5 Å². The molecule has 0 spiro atoms. The van der Waals surface area contributed by atoms with Crippen LogP contribution in [-0.4, -0.2) is 42.4 Å². The average molecular weight is 173 g/mol. The maximum absolute atomic E-state index is 11.1. The third-order valence-electron chi connectivity index (χ3n) is 2.00. The Morgan fingerprint density at radius 3 is 3.00 bits per heavy atom. The number of hydrogen-bond donors (Lipinski definition) is 1. The molecule has 1 amide bonds. The van der Waals surface area contributed by atoms with Gasteiger partial charge < -0.3 is 14.7 Å². The normalized spacial score (nSPS) is 22.8. The molecule has 0 radical (unpaired) electrons. The Hall–Kier alpha value is -0.770. The quantitative estimate of drug-likeness (QED) is 0.660. The zero-order valence-corrected chi connectivity index (χ0v) is 7.32. The number of hydrogen-bond acceptors (Lipinski definition) is 3. The number of carbonyl (C=O) groups excluding carboxylic acids is 1. The SMILES string of the molecule is CC1CCN(C(=O)OCCO)C1. The smallest absolute Gasteiger partial charge is 0.409 e. The highest BCUT2D eigenvalue weighted by Gasteiger charge is 2.23. The third-order valence-corrected chi connectivity index (χ3v) is 2.00. The Labute approximate surface area is 72.1 Å². The van der Waals surface area contributed by atoms with E-state index in [-0.39, 0.29) is 19.3 Å². The van der Waals surface area contributed by atoms with Crippen LogP contribution < -0.4 is 0 Å². The molecule has 0 aromatic carbocycles. The number of aliphatic hydroxyl groups excluding tert-OH is 1. The van der Waals surface area contributed by atoms with Crippen molar-refractivity contribution < 1.29 is 14.6 Å². The van der Waals surface area contributed by atoms with Crippen LogP contribution in [0.15, 0.2) is 0 Å². The standard InChI is InChI=1S/C8H15NO3/c1-7-2-3-9(6-7)8(11)12-5-4-10/h7,10H,2-6H2,1H3. The molecule has 70 valence electrons. The molecular formula is C8H15NO3. The van der Waals surface area contributed by atoms with Crippen molar-refractivity contribution in [3.8, 4) is 0 Å². The number of amides is 1. The van der Waals surface area contributed by atoms with Crippen LogP contribution in [0, 0.1) is 5.92 Å². The molecule has 1 atom stereocenters. The minimum atomic E-state index is -0.298. The Balaban J connectivity index is 2.23. The van der Waals surface area contributed by atoms with Crippen LogP contribution in [0.1, 0.15) is 13.3 Å². The molecule has 4 nitrogen and oxygen atoms in total. The first-order valence-electron chi connectivity index (χ1n) is 4.26. The minimum Gasteiger partial charge on any atom is -0.447 e. The summed E-state index contributed by atoms with van der Waals surface area (Å²) >= 11 is 0. The van der Waals surface area contributed by atoms with E-state index in [2.05, 4.69) is 6.92 Å². The molecule has 1 fully saturated rings. The van der Waals surface area contributed by atoms with E-state index in [1.54, 1.807) is 4.90 Å². The summed E-state index contributed by atoms with van der Waals surface area (Å²) in [7, 11) is 0. The van der Waals surface area contributed by atoms with Gasteiger partial charge in [-0.25, -0.2) is 4.79 Å². The molecule has 1 unspecified atom stereocenters. The maximum Gasteiger partial charge on any atom is 0.409 e. The summed E-state index contributed by atoms with van der Waals surface area (Å²) in [6, 6.07) is 0. The second-order valence-electron chi connectivity index (χ2n) is 3.18. The first-order chi connectivity index (χ1) is 5.74. The first kappa shape index (κ1) is 9.32. The van der Waals surface area contributed by atoms with Gasteiger partial charge in [-0.3, -0.25) is 0 Å². The van der Waals surface area contributed by atoms with Crippen molar-refractivity contribution in [2.45, 2.75) is 13.3 Å². The second kappa shape index (κ2) is 4.30. The van der Waals surface area contributed by atoms with Gasteiger partial charge >= 0.3 is 6.09 Å². The van der Waals surface area contributed by atoms with Gasteiger partial charge in [-0.05, 0) is 12.3 Å². The van der Waals surface area contributed by atoms with E-state index in [4.69, 9.17) is 9.84 Å². The number of likely N-dealkylation sites (tertiary alicyclic amines) is 1. The summed E-state index contributed by atoms with van der Waals surface area (Å²) < 4.78 is 4.76.